The third-order valence-corrected chi connectivity index (χ3v) is 4.71. The predicted molar refractivity (Wildman–Crippen MR) is 122 cm³/mol. The third-order valence-electron chi connectivity index (χ3n) is 4.19. The van der Waals surface area contributed by atoms with Gasteiger partial charge >= 0.3 is 0 Å². The Morgan fingerprint density at radius 1 is 0.967 bits per heavy atom. The molecule has 0 aliphatic heterocycles. The monoisotopic (exact) mass is 466 g/mol. The van der Waals surface area contributed by atoms with E-state index < -0.39 is 0 Å². The first kappa shape index (κ1) is 21.6. The number of hydrazone groups is 1. The Morgan fingerprint density at radius 2 is 1.73 bits per heavy atom. The second-order valence-electron chi connectivity index (χ2n) is 6.51. The first-order chi connectivity index (χ1) is 14.6. The second kappa shape index (κ2) is 11.2. The Hall–Kier alpha value is -3.12. The zero-order valence-electron chi connectivity index (χ0n) is 16.7. The van der Waals surface area contributed by atoms with Crippen molar-refractivity contribution in [3.63, 3.8) is 0 Å². The van der Waals surface area contributed by atoms with E-state index in [2.05, 4.69) is 26.5 Å². The lowest BCUT2D eigenvalue weighted by molar-refractivity contribution is -0.120. The van der Waals surface area contributed by atoms with E-state index in [1.165, 1.54) is 0 Å². The van der Waals surface area contributed by atoms with Gasteiger partial charge < -0.3 is 9.47 Å². The molecule has 0 bridgehead atoms. The largest absolute Gasteiger partial charge is 0.490 e. The molecule has 30 heavy (non-hydrogen) atoms. The van der Waals surface area contributed by atoms with Gasteiger partial charge in [-0.1, -0.05) is 58.4 Å². The zero-order chi connectivity index (χ0) is 21.2. The van der Waals surface area contributed by atoms with E-state index in [9.17, 15) is 4.79 Å². The van der Waals surface area contributed by atoms with Crippen molar-refractivity contribution in [1.82, 2.24) is 5.43 Å². The van der Waals surface area contributed by atoms with Crippen molar-refractivity contribution < 1.29 is 14.3 Å². The first-order valence-electron chi connectivity index (χ1n) is 9.64. The van der Waals surface area contributed by atoms with Crippen LogP contribution in [0.3, 0.4) is 0 Å². The molecule has 0 heterocycles. The highest BCUT2D eigenvalue weighted by Gasteiger charge is 2.07. The van der Waals surface area contributed by atoms with E-state index in [-0.39, 0.29) is 12.3 Å². The van der Waals surface area contributed by atoms with Crippen molar-refractivity contribution in [2.24, 2.45) is 5.10 Å². The van der Waals surface area contributed by atoms with Crippen LogP contribution in [0, 0.1) is 0 Å². The van der Waals surface area contributed by atoms with Crippen molar-refractivity contribution >= 4 is 28.1 Å². The first-order valence-corrected chi connectivity index (χ1v) is 10.4. The van der Waals surface area contributed by atoms with Crippen LogP contribution in [0.15, 0.2) is 82.4 Å². The van der Waals surface area contributed by atoms with Crippen LogP contribution in [0.4, 0.5) is 0 Å². The Labute approximate surface area is 184 Å². The third kappa shape index (κ3) is 6.74. The summed E-state index contributed by atoms with van der Waals surface area (Å²) in [6, 6.07) is 23.1. The van der Waals surface area contributed by atoms with Crippen molar-refractivity contribution in [1.29, 1.82) is 0 Å². The summed E-state index contributed by atoms with van der Waals surface area (Å²) in [5.74, 6) is 1.12. The molecule has 0 aliphatic rings. The highest BCUT2D eigenvalue weighted by atomic mass is 79.9. The number of nitrogens with one attached hydrogen (secondary N) is 1. The van der Waals surface area contributed by atoms with Crippen LogP contribution in [0.2, 0.25) is 0 Å². The molecule has 3 aromatic rings. The SMILES string of the molecule is CCOc1cc(/C=N/NC(=O)Cc2ccc(Br)cc2)ccc1OCc1ccccc1. The minimum atomic E-state index is -0.179. The summed E-state index contributed by atoms with van der Waals surface area (Å²) in [5, 5.41) is 4.05. The summed E-state index contributed by atoms with van der Waals surface area (Å²) in [5.41, 5.74) is 5.36. The number of halogens is 1. The van der Waals surface area contributed by atoms with Gasteiger partial charge in [0.05, 0.1) is 19.2 Å². The molecule has 0 saturated heterocycles. The van der Waals surface area contributed by atoms with Gasteiger partial charge in [-0.25, -0.2) is 5.43 Å². The Morgan fingerprint density at radius 3 is 2.47 bits per heavy atom. The Bertz CT molecular complexity index is 989. The number of ether oxygens (including phenoxy) is 2. The summed E-state index contributed by atoms with van der Waals surface area (Å²) in [6.07, 6.45) is 1.85. The maximum Gasteiger partial charge on any atom is 0.244 e. The number of amides is 1. The van der Waals surface area contributed by atoms with Crippen LogP contribution in [0.25, 0.3) is 0 Å². The topological polar surface area (TPSA) is 59.9 Å². The minimum Gasteiger partial charge on any atom is -0.490 e. The van der Waals surface area contributed by atoms with E-state index >= 15 is 0 Å². The summed E-state index contributed by atoms with van der Waals surface area (Å²) in [4.78, 5) is 12.0. The average Bonchev–Trinajstić information content (AvgIpc) is 2.76. The fraction of sp³-hybridized carbons (Fsp3) is 0.167. The number of benzene rings is 3. The molecule has 0 fully saturated rings. The smallest absolute Gasteiger partial charge is 0.244 e. The van der Waals surface area contributed by atoms with E-state index in [4.69, 9.17) is 9.47 Å². The molecule has 1 amide bonds. The number of hydrogen-bond donors (Lipinski definition) is 1. The number of rotatable bonds is 9. The average molecular weight is 467 g/mol. The normalized spacial score (nSPS) is 10.7. The summed E-state index contributed by atoms with van der Waals surface area (Å²) in [7, 11) is 0. The van der Waals surface area contributed by atoms with Gasteiger partial charge in [0.25, 0.3) is 0 Å². The van der Waals surface area contributed by atoms with Gasteiger partial charge in [-0.2, -0.15) is 5.10 Å². The van der Waals surface area contributed by atoms with Crippen LogP contribution in [-0.4, -0.2) is 18.7 Å². The van der Waals surface area contributed by atoms with Crippen LogP contribution in [0.5, 0.6) is 11.5 Å². The molecule has 3 rings (SSSR count). The predicted octanol–water partition coefficient (Wildman–Crippen LogP) is 5.12. The fourth-order valence-electron chi connectivity index (χ4n) is 2.73. The molecule has 154 valence electrons. The van der Waals surface area contributed by atoms with Crippen LogP contribution >= 0.6 is 15.9 Å². The lowest BCUT2D eigenvalue weighted by atomic mass is 10.1. The lowest BCUT2D eigenvalue weighted by Gasteiger charge is -2.12. The van der Waals surface area contributed by atoms with Crippen molar-refractivity contribution in [3.8, 4) is 11.5 Å². The number of nitrogens with zero attached hydrogens (tertiary/aromatic N) is 1. The standard InChI is InChI=1S/C24H23BrN2O3/c1-2-29-23-14-20(10-13-22(23)30-17-19-6-4-3-5-7-19)16-26-27-24(28)15-18-8-11-21(25)12-9-18/h3-14,16H,2,15,17H2,1H3,(H,27,28)/b26-16+. The molecular formula is C24H23BrN2O3. The molecule has 5 nitrogen and oxygen atoms in total. The molecular weight excluding hydrogens is 444 g/mol. The molecule has 1 N–H and O–H groups in total. The Balaban J connectivity index is 1.59. The molecule has 0 spiro atoms. The molecule has 0 radical (unpaired) electrons. The van der Waals surface area contributed by atoms with Gasteiger partial charge in [0.15, 0.2) is 11.5 Å². The molecule has 0 aliphatic carbocycles. The quantitative estimate of drug-likeness (QED) is 0.351. The van der Waals surface area contributed by atoms with E-state index in [0.29, 0.717) is 24.7 Å². The van der Waals surface area contributed by atoms with Gasteiger partial charge in [-0.3, -0.25) is 4.79 Å². The van der Waals surface area contributed by atoms with Gasteiger partial charge in [-0.15, -0.1) is 0 Å². The van der Waals surface area contributed by atoms with E-state index in [1.54, 1.807) is 6.21 Å². The van der Waals surface area contributed by atoms with E-state index in [0.717, 1.165) is 21.2 Å². The summed E-state index contributed by atoms with van der Waals surface area (Å²) in [6.45, 7) is 2.90. The molecule has 3 aromatic carbocycles. The lowest BCUT2D eigenvalue weighted by Crippen LogP contribution is -2.19. The second-order valence-corrected chi connectivity index (χ2v) is 7.43. The maximum absolute atomic E-state index is 12.0. The van der Waals surface area contributed by atoms with Crippen molar-refractivity contribution in [3.05, 3.63) is 94.0 Å². The summed E-state index contributed by atoms with van der Waals surface area (Å²) < 4.78 is 12.6. The van der Waals surface area contributed by atoms with Crippen LogP contribution in [0.1, 0.15) is 23.6 Å². The van der Waals surface area contributed by atoms with E-state index in [1.807, 2.05) is 79.7 Å². The van der Waals surface area contributed by atoms with Crippen molar-refractivity contribution in [2.45, 2.75) is 20.0 Å². The fourth-order valence-corrected chi connectivity index (χ4v) is 3.00. The molecule has 6 heteroatoms. The number of carbonyl (C=O) groups excluding carboxylic acids is 1. The van der Waals surface area contributed by atoms with Gasteiger partial charge in [0.1, 0.15) is 6.61 Å². The molecule has 0 saturated carbocycles. The molecule has 0 atom stereocenters. The summed E-state index contributed by atoms with van der Waals surface area (Å²) >= 11 is 3.38. The highest BCUT2D eigenvalue weighted by Crippen LogP contribution is 2.28. The van der Waals surface area contributed by atoms with Gasteiger partial charge in [-0.05, 0) is 53.9 Å². The highest BCUT2D eigenvalue weighted by molar-refractivity contribution is 9.10. The van der Waals surface area contributed by atoms with Crippen LogP contribution < -0.4 is 14.9 Å². The minimum absolute atomic E-state index is 0.179. The zero-order valence-corrected chi connectivity index (χ0v) is 18.3. The van der Waals surface area contributed by atoms with Gasteiger partial charge in [0.2, 0.25) is 5.91 Å². The number of hydrogen-bond acceptors (Lipinski definition) is 4. The number of carbonyl (C=O) groups is 1. The van der Waals surface area contributed by atoms with Crippen LogP contribution in [-0.2, 0) is 17.8 Å². The maximum atomic E-state index is 12.0. The molecule has 0 unspecified atom stereocenters. The molecule has 0 aromatic heterocycles. The Kier molecular flexibility index (Phi) is 8.03. The van der Waals surface area contributed by atoms with Crippen molar-refractivity contribution in [2.75, 3.05) is 6.61 Å². The van der Waals surface area contributed by atoms with Gasteiger partial charge in [0, 0.05) is 4.47 Å².